The summed E-state index contributed by atoms with van der Waals surface area (Å²) in [6, 6.07) is 0. The summed E-state index contributed by atoms with van der Waals surface area (Å²) in [5.74, 6) is -0.0440. The van der Waals surface area contributed by atoms with Crippen LogP contribution in [-0.4, -0.2) is 35.4 Å². The highest BCUT2D eigenvalue weighted by atomic mass is 35.5. The average Bonchev–Trinajstić information content (AvgIpc) is 2.04. The molecule has 0 aliphatic carbocycles. The van der Waals surface area contributed by atoms with E-state index in [1.54, 1.807) is 13.8 Å². The summed E-state index contributed by atoms with van der Waals surface area (Å²) in [4.78, 5) is 19.3. The van der Waals surface area contributed by atoms with Crippen molar-refractivity contribution < 1.29 is 19.4 Å². The van der Waals surface area contributed by atoms with Gasteiger partial charge in [0.15, 0.2) is 0 Å². The molecule has 0 saturated carbocycles. The van der Waals surface area contributed by atoms with Crippen LogP contribution in [0.2, 0.25) is 0 Å². The molecule has 0 aliphatic heterocycles. The molecule has 16 heavy (non-hydrogen) atoms. The van der Waals surface area contributed by atoms with E-state index < -0.39 is 0 Å². The van der Waals surface area contributed by atoms with Crippen molar-refractivity contribution in [3.05, 3.63) is 0 Å². The van der Waals surface area contributed by atoms with Crippen molar-refractivity contribution in [3.8, 4) is 0 Å². The lowest BCUT2D eigenvalue weighted by Crippen LogP contribution is -1.95. The standard InChI is InChI=1S/C4H8O2.C3H6O.C2H6O.CH2Cl2/c1-3-6-4(2)5;1-3(2)4;1-2-3;2-1-3/h3H2,1-2H3;1-2H3;3H,2H2,1H3;1H2. The van der Waals surface area contributed by atoms with Crippen LogP contribution < -0.4 is 0 Å². The van der Waals surface area contributed by atoms with Gasteiger partial charge in [0.25, 0.3) is 0 Å². The van der Waals surface area contributed by atoms with E-state index in [0.717, 1.165) is 0 Å². The fourth-order valence-electron chi connectivity index (χ4n) is 0.203. The zero-order valence-electron chi connectivity index (χ0n) is 10.5. The maximum absolute atomic E-state index is 9.82. The largest absolute Gasteiger partial charge is 0.466 e. The molecular formula is C10H22Cl2O4. The number of hydrogen-bond donors (Lipinski definition) is 1. The molecule has 0 aliphatic rings. The Kier molecular flexibility index (Phi) is 45.4. The summed E-state index contributed by atoms with van der Waals surface area (Å²) < 4.78 is 4.40. The minimum absolute atomic E-state index is 0.167. The van der Waals surface area contributed by atoms with Crippen LogP contribution >= 0.6 is 23.2 Å². The molecule has 0 aromatic heterocycles. The smallest absolute Gasteiger partial charge is 0.302 e. The second kappa shape index (κ2) is 29.3. The third kappa shape index (κ3) is 306. The number of ketones is 1. The number of hydrogen-bond acceptors (Lipinski definition) is 4. The minimum Gasteiger partial charge on any atom is -0.466 e. The second-order valence-corrected chi connectivity index (χ2v) is 3.06. The Morgan fingerprint density at radius 1 is 1.12 bits per heavy atom. The molecule has 0 aromatic rings. The van der Waals surface area contributed by atoms with Gasteiger partial charge in [0.05, 0.1) is 11.9 Å². The third-order valence-electron chi connectivity index (χ3n) is 0.348. The normalized spacial score (nSPS) is 6.75. The predicted octanol–water partition coefficient (Wildman–Crippen LogP) is 2.58. The van der Waals surface area contributed by atoms with Crippen LogP contribution in [0.3, 0.4) is 0 Å². The number of ether oxygens (including phenoxy) is 1. The van der Waals surface area contributed by atoms with Gasteiger partial charge < -0.3 is 14.6 Å². The van der Waals surface area contributed by atoms with E-state index in [-0.39, 0.29) is 23.7 Å². The zero-order valence-corrected chi connectivity index (χ0v) is 12.1. The molecule has 6 heteroatoms. The van der Waals surface area contributed by atoms with Gasteiger partial charge in [-0.05, 0) is 27.7 Å². The molecule has 0 rings (SSSR count). The van der Waals surface area contributed by atoms with Gasteiger partial charge in [-0.1, -0.05) is 0 Å². The number of esters is 1. The van der Waals surface area contributed by atoms with Crippen LogP contribution in [0.4, 0.5) is 0 Å². The number of carbonyl (C=O) groups is 2. The first-order chi connectivity index (χ1) is 7.33. The first-order valence-electron chi connectivity index (χ1n) is 4.67. The number of alkyl halides is 2. The van der Waals surface area contributed by atoms with Crippen molar-refractivity contribution in [2.45, 2.75) is 34.6 Å². The molecule has 0 amide bonds. The van der Waals surface area contributed by atoms with E-state index in [9.17, 15) is 9.59 Å². The Bertz CT molecular complexity index is 135. The van der Waals surface area contributed by atoms with Crippen LogP contribution in [0, 0.1) is 0 Å². The third-order valence-corrected chi connectivity index (χ3v) is 0.348. The van der Waals surface area contributed by atoms with Crippen LogP contribution in [0.1, 0.15) is 34.6 Å². The summed E-state index contributed by atoms with van der Waals surface area (Å²) in [5, 5.41) is 7.76. The Morgan fingerprint density at radius 2 is 1.31 bits per heavy atom. The first kappa shape index (κ1) is 24.8. The monoisotopic (exact) mass is 276 g/mol. The summed E-state index contributed by atoms with van der Waals surface area (Å²) in [7, 11) is 0. The molecule has 0 unspecified atom stereocenters. The van der Waals surface area contributed by atoms with Crippen LogP contribution in [0.15, 0.2) is 0 Å². The molecule has 0 fully saturated rings. The van der Waals surface area contributed by atoms with E-state index in [1.807, 2.05) is 0 Å². The Labute approximate surface area is 108 Å². The van der Waals surface area contributed by atoms with Gasteiger partial charge in [0.1, 0.15) is 5.78 Å². The number of carbonyl (C=O) groups excluding carboxylic acids is 2. The number of aliphatic hydroxyl groups is 1. The highest BCUT2D eigenvalue weighted by Gasteiger charge is 1.81. The van der Waals surface area contributed by atoms with Crippen LogP contribution in [0.25, 0.3) is 0 Å². The maximum Gasteiger partial charge on any atom is 0.302 e. The maximum atomic E-state index is 9.82. The van der Waals surface area contributed by atoms with Gasteiger partial charge in [0, 0.05) is 13.5 Å². The van der Waals surface area contributed by atoms with Gasteiger partial charge in [-0.15, -0.1) is 23.2 Å². The fourth-order valence-corrected chi connectivity index (χ4v) is 0.203. The van der Waals surface area contributed by atoms with Crippen molar-refractivity contribution in [2.24, 2.45) is 0 Å². The Balaban J connectivity index is -0.0000000635. The summed E-state index contributed by atoms with van der Waals surface area (Å²) in [5.41, 5.74) is 0. The summed E-state index contributed by atoms with van der Waals surface area (Å²) >= 11 is 9.53. The molecule has 0 heterocycles. The van der Waals surface area contributed by atoms with Crippen molar-refractivity contribution in [1.29, 1.82) is 0 Å². The zero-order chi connectivity index (χ0) is 14.0. The topological polar surface area (TPSA) is 63.6 Å². The molecule has 0 radical (unpaired) electrons. The van der Waals surface area contributed by atoms with Crippen molar-refractivity contribution in [2.75, 3.05) is 18.6 Å². The summed E-state index contributed by atoms with van der Waals surface area (Å²) in [6.45, 7) is 8.64. The fraction of sp³-hybridized carbons (Fsp3) is 0.800. The van der Waals surface area contributed by atoms with Gasteiger partial charge in [-0.2, -0.15) is 0 Å². The minimum atomic E-state index is -0.211. The highest BCUT2D eigenvalue weighted by Crippen LogP contribution is 1.73. The molecule has 0 spiro atoms. The van der Waals surface area contributed by atoms with Gasteiger partial charge in [0.2, 0.25) is 0 Å². The van der Waals surface area contributed by atoms with Gasteiger partial charge in [-0.3, -0.25) is 4.79 Å². The highest BCUT2D eigenvalue weighted by molar-refractivity contribution is 6.40. The second-order valence-electron chi connectivity index (χ2n) is 2.25. The van der Waals surface area contributed by atoms with E-state index in [0.29, 0.717) is 6.61 Å². The molecule has 100 valence electrons. The number of Topliss-reactive ketones (excluding diaryl/α,β-unsaturated/α-hetero) is 1. The molecule has 4 nitrogen and oxygen atoms in total. The van der Waals surface area contributed by atoms with Crippen LogP contribution in [0.5, 0.6) is 0 Å². The average molecular weight is 277 g/mol. The number of rotatable bonds is 1. The Morgan fingerprint density at radius 3 is 1.31 bits per heavy atom. The summed E-state index contributed by atoms with van der Waals surface area (Å²) in [6.07, 6.45) is 0. The lowest BCUT2D eigenvalue weighted by atomic mass is 10.6. The Hall–Kier alpha value is -0.320. The lowest BCUT2D eigenvalue weighted by molar-refractivity contribution is -0.140. The molecule has 0 saturated heterocycles. The van der Waals surface area contributed by atoms with Gasteiger partial charge >= 0.3 is 5.97 Å². The molecule has 0 bridgehead atoms. The molecular weight excluding hydrogens is 255 g/mol. The van der Waals surface area contributed by atoms with E-state index in [4.69, 9.17) is 28.3 Å². The number of halogens is 2. The van der Waals surface area contributed by atoms with E-state index in [1.165, 1.54) is 20.8 Å². The SMILES string of the molecule is CC(C)=O.CCO.CCOC(C)=O.ClCCl. The van der Waals surface area contributed by atoms with E-state index in [2.05, 4.69) is 4.74 Å². The van der Waals surface area contributed by atoms with E-state index >= 15 is 0 Å². The quantitative estimate of drug-likeness (QED) is 0.591. The predicted molar refractivity (Wildman–Crippen MR) is 68.0 cm³/mol. The molecule has 1 N–H and O–H groups in total. The van der Waals surface area contributed by atoms with Crippen molar-refractivity contribution >= 4 is 35.0 Å². The van der Waals surface area contributed by atoms with Crippen LogP contribution in [-0.2, 0) is 14.3 Å². The van der Waals surface area contributed by atoms with Gasteiger partial charge in [-0.25, -0.2) is 0 Å². The molecule has 0 aromatic carbocycles. The lowest BCUT2D eigenvalue weighted by Gasteiger charge is -1.89. The first-order valence-corrected chi connectivity index (χ1v) is 5.74. The van der Waals surface area contributed by atoms with Crippen molar-refractivity contribution in [3.63, 3.8) is 0 Å². The molecule has 0 atom stereocenters. The number of aliphatic hydroxyl groups excluding tert-OH is 1. The van der Waals surface area contributed by atoms with Crippen molar-refractivity contribution in [1.82, 2.24) is 0 Å².